The number of aryl methyl sites for hydroxylation is 1. The highest BCUT2D eigenvalue weighted by Crippen LogP contribution is 2.16. The fraction of sp³-hybridized carbons (Fsp3) is 0.455. The van der Waals surface area contributed by atoms with E-state index in [-0.39, 0.29) is 17.8 Å². The summed E-state index contributed by atoms with van der Waals surface area (Å²) in [7, 11) is 0. The van der Waals surface area contributed by atoms with Crippen LogP contribution in [0.25, 0.3) is 0 Å². The average Bonchev–Trinajstić information content (AvgIpc) is 2.82. The number of aromatic nitrogens is 1. The van der Waals surface area contributed by atoms with E-state index >= 15 is 0 Å². The van der Waals surface area contributed by atoms with Gasteiger partial charge in [-0.05, 0) is 6.92 Å². The molecule has 0 fully saturated rings. The minimum Gasteiger partial charge on any atom is -0.480 e. The Morgan fingerprint density at radius 3 is 2.65 bits per heavy atom. The first-order valence-electron chi connectivity index (χ1n) is 5.89. The van der Waals surface area contributed by atoms with E-state index in [2.05, 4.69) is 5.32 Å². The number of aliphatic hydroxyl groups is 1. The smallest absolute Gasteiger partial charge is 0.326 e. The number of amides is 1. The van der Waals surface area contributed by atoms with Gasteiger partial charge in [0.15, 0.2) is 0 Å². The molecule has 0 aliphatic carbocycles. The van der Waals surface area contributed by atoms with E-state index in [4.69, 9.17) is 10.2 Å². The molecule has 0 aliphatic heterocycles. The Hall–Kier alpha value is -2.42. The van der Waals surface area contributed by atoms with Crippen LogP contribution in [0.2, 0.25) is 0 Å². The zero-order chi connectivity index (χ0) is 15.3. The molecule has 3 N–H and O–H groups in total. The molecule has 1 amide bonds. The van der Waals surface area contributed by atoms with Crippen LogP contribution in [0.1, 0.15) is 23.8 Å². The third-order valence-corrected chi connectivity index (χ3v) is 2.69. The second-order valence-electron chi connectivity index (χ2n) is 4.00. The maximum Gasteiger partial charge on any atom is 0.326 e. The molecule has 1 aromatic heterocycles. The molecule has 9 nitrogen and oxygen atoms in total. The van der Waals surface area contributed by atoms with Crippen LogP contribution in [0, 0.1) is 10.1 Å². The van der Waals surface area contributed by atoms with E-state index in [1.165, 1.54) is 10.8 Å². The number of rotatable bonds is 7. The van der Waals surface area contributed by atoms with E-state index in [9.17, 15) is 19.7 Å². The molecule has 0 spiro atoms. The van der Waals surface area contributed by atoms with E-state index in [0.717, 1.165) is 6.07 Å². The molecule has 1 rings (SSSR count). The molecular weight excluding hydrogens is 270 g/mol. The zero-order valence-corrected chi connectivity index (χ0v) is 10.8. The van der Waals surface area contributed by atoms with Crippen molar-refractivity contribution in [2.24, 2.45) is 0 Å². The first kappa shape index (κ1) is 15.6. The van der Waals surface area contributed by atoms with Gasteiger partial charge >= 0.3 is 5.97 Å². The summed E-state index contributed by atoms with van der Waals surface area (Å²) < 4.78 is 1.35. The molecule has 0 saturated heterocycles. The maximum absolute atomic E-state index is 12.0. The molecule has 0 aromatic carbocycles. The molecule has 0 aliphatic rings. The van der Waals surface area contributed by atoms with E-state index < -0.39 is 29.4 Å². The lowest BCUT2D eigenvalue weighted by atomic mass is 10.2. The van der Waals surface area contributed by atoms with Crippen molar-refractivity contribution in [1.29, 1.82) is 0 Å². The average molecular weight is 285 g/mol. The molecule has 1 heterocycles. The van der Waals surface area contributed by atoms with E-state index in [0.29, 0.717) is 6.54 Å². The number of carbonyl (C=O) groups excluding carboxylic acids is 1. The summed E-state index contributed by atoms with van der Waals surface area (Å²) in [5.41, 5.74) is -0.241. The summed E-state index contributed by atoms with van der Waals surface area (Å²) in [6.45, 7) is 1.63. The highest BCUT2D eigenvalue weighted by molar-refractivity contribution is 5.96. The van der Waals surface area contributed by atoms with Crippen molar-refractivity contribution in [1.82, 2.24) is 9.88 Å². The molecule has 1 aromatic rings. The number of hydrogen-bond acceptors (Lipinski definition) is 5. The first-order valence-corrected chi connectivity index (χ1v) is 5.89. The van der Waals surface area contributed by atoms with Gasteiger partial charge in [0.05, 0.1) is 11.1 Å². The molecule has 110 valence electrons. The van der Waals surface area contributed by atoms with Gasteiger partial charge in [0.1, 0.15) is 11.7 Å². The molecule has 20 heavy (non-hydrogen) atoms. The van der Waals surface area contributed by atoms with Gasteiger partial charge < -0.3 is 20.1 Å². The Bertz CT molecular complexity index is 524. The van der Waals surface area contributed by atoms with E-state index in [1.807, 2.05) is 0 Å². The van der Waals surface area contributed by atoms with E-state index in [1.54, 1.807) is 6.92 Å². The predicted octanol–water partition coefficient (Wildman–Crippen LogP) is -0.0184. The Morgan fingerprint density at radius 1 is 1.55 bits per heavy atom. The number of carbonyl (C=O) groups is 2. The van der Waals surface area contributed by atoms with Crippen LogP contribution in [0.15, 0.2) is 12.3 Å². The van der Waals surface area contributed by atoms with Crippen LogP contribution in [-0.4, -0.2) is 44.2 Å². The van der Waals surface area contributed by atoms with Crippen LogP contribution < -0.4 is 5.32 Å². The lowest BCUT2D eigenvalue weighted by molar-refractivity contribution is -0.384. The zero-order valence-electron chi connectivity index (χ0n) is 10.8. The summed E-state index contributed by atoms with van der Waals surface area (Å²) in [4.78, 5) is 32.9. The molecule has 9 heteroatoms. The first-order chi connectivity index (χ1) is 9.40. The van der Waals surface area contributed by atoms with Crippen molar-refractivity contribution in [3.05, 3.63) is 28.1 Å². The molecule has 0 unspecified atom stereocenters. The predicted molar refractivity (Wildman–Crippen MR) is 67.4 cm³/mol. The fourth-order valence-corrected chi connectivity index (χ4v) is 1.67. The van der Waals surface area contributed by atoms with Gasteiger partial charge in [-0.15, -0.1) is 0 Å². The number of nitrogens with one attached hydrogen (secondary N) is 1. The Morgan fingerprint density at radius 2 is 2.20 bits per heavy atom. The molecule has 1 atom stereocenters. The minimum atomic E-state index is -1.28. The number of aliphatic carboxylic acids is 1. The van der Waals surface area contributed by atoms with Gasteiger partial charge in [0, 0.05) is 25.6 Å². The van der Waals surface area contributed by atoms with Crippen LogP contribution >= 0.6 is 0 Å². The molecule has 0 radical (unpaired) electrons. The van der Waals surface area contributed by atoms with Gasteiger partial charge in [-0.2, -0.15) is 0 Å². The minimum absolute atomic E-state index is 0.00314. The Kier molecular flexibility index (Phi) is 5.21. The normalized spacial score (nSPS) is 11.9. The standard InChI is InChI=1S/C11H15N3O6/c1-2-13-6-7(14(19)20)5-9(13)10(16)12-8(3-4-15)11(17)18/h5-6,8,15H,2-4H2,1H3,(H,12,16)(H,17,18)/t8-/m0/s1. The van der Waals surface area contributed by atoms with Crippen molar-refractivity contribution in [2.75, 3.05) is 6.61 Å². The van der Waals surface area contributed by atoms with Crippen LogP contribution in [0.4, 0.5) is 5.69 Å². The maximum atomic E-state index is 12.0. The Labute approximate surface area is 114 Å². The summed E-state index contributed by atoms with van der Waals surface area (Å²) >= 11 is 0. The van der Waals surface area contributed by atoms with Crippen molar-refractivity contribution >= 4 is 17.6 Å². The molecule has 0 saturated carbocycles. The number of nitro groups is 1. The van der Waals surface area contributed by atoms with Crippen LogP contribution in [-0.2, 0) is 11.3 Å². The van der Waals surface area contributed by atoms with Crippen molar-refractivity contribution in [3.63, 3.8) is 0 Å². The van der Waals surface area contributed by atoms with Gasteiger partial charge in [-0.25, -0.2) is 4.79 Å². The highest BCUT2D eigenvalue weighted by Gasteiger charge is 2.24. The number of carboxylic acid groups (broad SMARTS) is 1. The number of aliphatic hydroxyl groups excluding tert-OH is 1. The van der Waals surface area contributed by atoms with Crippen molar-refractivity contribution in [3.8, 4) is 0 Å². The second-order valence-corrected chi connectivity index (χ2v) is 4.00. The Balaban J connectivity index is 2.96. The van der Waals surface area contributed by atoms with Crippen molar-refractivity contribution in [2.45, 2.75) is 25.9 Å². The number of hydrogen-bond donors (Lipinski definition) is 3. The SMILES string of the molecule is CCn1cc([N+](=O)[O-])cc1C(=O)N[C@@H](CCO)C(=O)O. The summed E-state index contributed by atoms with van der Waals surface area (Å²) in [5, 5.41) is 30.5. The topological polar surface area (TPSA) is 135 Å². The monoisotopic (exact) mass is 285 g/mol. The lowest BCUT2D eigenvalue weighted by Gasteiger charge is -2.13. The summed E-state index contributed by atoms with van der Waals surface area (Å²) in [6.07, 6.45) is 1.06. The third kappa shape index (κ3) is 3.54. The quantitative estimate of drug-likeness (QED) is 0.476. The summed E-state index contributed by atoms with van der Waals surface area (Å²) in [5.74, 6) is -2.02. The van der Waals surface area contributed by atoms with Gasteiger partial charge in [-0.3, -0.25) is 14.9 Å². The third-order valence-electron chi connectivity index (χ3n) is 2.69. The fourth-order valence-electron chi connectivity index (χ4n) is 1.67. The second kappa shape index (κ2) is 6.66. The largest absolute Gasteiger partial charge is 0.480 e. The molecule has 0 bridgehead atoms. The highest BCUT2D eigenvalue weighted by atomic mass is 16.6. The van der Waals surface area contributed by atoms with Gasteiger partial charge in [0.25, 0.3) is 11.6 Å². The van der Waals surface area contributed by atoms with Gasteiger partial charge in [-0.1, -0.05) is 0 Å². The molecular formula is C11H15N3O6. The van der Waals surface area contributed by atoms with Crippen molar-refractivity contribution < 1.29 is 24.7 Å². The van der Waals surface area contributed by atoms with Crippen LogP contribution in [0.3, 0.4) is 0 Å². The lowest BCUT2D eigenvalue weighted by Crippen LogP contribution is -2.42. The number of nitrogens with zero attached hydrogens (tertiary/aromatic N) is 2. The number of carboxylic acids is 1. The van der Waals surface area contributed by atoms with Gasteiger partial charge in [0.2, 0.25) is 0 Å². The summed E-state index contributed by atoms with van der Waals surface area (Å²) in [6, 6.07) is -0.164. The van der Waals surface area contributed by atoms with Crippen LogP contribution in [0.5, 0.6) is 0 Å².